The first kappa shape index (κ1) is 22.0. The highest BCUT2D eigenvalue weighted by Crippen LogP contribution is 2.19. The normalized spacial score (nSPS) is 15.2. The van der Waals surface area contributed by atoms with E-state index in [-0.39, 0.29) is 17.2 Å². The molecule has 1 aliphatic heterocycles. The lowest BCUT2D eigenvalue weighted by Crippen LogP contribution is -2.37. The second-order valence-corrected chi connectivity index (χ2v) is 9.01. The quantitative estimate of drug-likeness (QED) is 0.752. The summed E-state index contributed by atoms with van der Waals surface area (Å²) in [6.45, 7) is 10.6. The molecule has 0 unspecified atom stereocenters. The molecule has 162 valence electrons. The smallest absolute Gasteiger partial charge is 0.253 e. The molecule has 0 spiro atoms. The van der Waals surface area contributed by atoms with E-state index < -0.39 is 0 Å². The second kappa shape index (κ2) is 9.41. The molecule has 7 nitrogen and oxygen atoms in total. The lowest BCUT2D eigenvalue weighted by atomic mass is 9.96. The van der Waals surface area contributed by atoms with Crippen molar-refractivity contribution in [2.24, 2.45) is 0 Å². The molecule has 3 rings (SSSR count). The molecule has 1 aliphatic rings. The number of amides is 2. The van der Waals surface area contributed by atoms with E-state index in [1.807, 2.05) is 61.8 Å². The van der Waals surface area contributed by atoms with Gasteiger partial charge in [-0.1, -0.05) is 43.6 Å². The molecule has 0 N–H and O–H groups in total. The summed E-state index contributed by atoms with van der Waals surface area (Å²) in [5, 5.41) is 4.02. The van der Waals surface area contributed by atoms with Crippen LogP contribution in [-0.4, -0.2) is 57.9 Å². The van der Waals surface area contributed by atoms with Crippen LogP contribution in [0.3, 0.4) is 0 Å². The molecule has 1 saturated heterocycles. The Kier molecular flexibility index (Phi) is 6.90. The van der Waals surface area contributed by atoms with Gasteiger partial charge in [-0.05, 0) is 31.9 Å². The minimum atomic E-state index is -0.147. The lowest BCUT2D eigenvalue weighted by molar-refractivity contribution is -0.131. The zero-order valence-electron chi connectivity index (χ0n) is 18.5. The third kappa shape index (κ3) is 5.68. The molecule has 2 aromatic rings. The first-order valence-corrected chi connectivity index (χ1v) is 10.7. The molecule has 7 heteroatoms. The number of hydrogen-bond acceptors (Lipinski definition) is 5. The van der Waals surface area contributed by atoms with E-state index >= 15 is 0 Å². The molecule has 2 heterocycles. The number of aryl methyl sites for hydroxylation is 2. The second-order valence-electron chi connectivity index (χ2n) is 9.01. The van der Waals surface area contributed by atoms with Gasteiger partial charge in [0.2, 0.25) is 11.8 Å². The maximum atomic E-state index is 12.8. The summed E-state index contributed by atoms with van der Waals surface area (Å²) in [7, 11) is 0. The number of benzene rings is 1. The third-order valence-electron chi connectivity index (χ3n) is 5.32. The van der Waals surface area contributed by atoms with Gasteiger partial charge in [-0.3, -0.25) is 9.59 Å². The highest BCUT2D eigenvalue weighted by atomic mass is 16.5. The van der Waals surface area contributed by atoms with Crippen molar-refractivity contribution in [2.45, 2.75) is 58.8 Å². The topological polar surface area (TPSA) is 79.5 Å². The number of rotatable bonds is 5. The summed E-state index contributed by atoms with van der Waals surface area (Å²) in [6, 6.07) is 7.66. The summed E-state index contributed by atoms with van der Waals surface area (Å²) >= 11 is 0. The standard InChI is InChI=1S/C23H32N4O3/c1-17-8-5-9-18(16-17)21(29)27-13-7-12-26(14-15-27)20(28)11-6-10-19-24-22(25-30-19)23(2,3)4/h5,8-9,16H,6-7,10-15H2,1-4H3. The van der Waals surface area contributed by atoms with Crippen LogP contribution in [0.1, 0.15) is 67.7 Å². The Morgan fingerprint density at radius 2 is 1.83 bits per heavy atom. The minimum Gasteiger partial charge on any atom is -0.341 e. The van der Waals surface area contributed by atoms with Crippen LogP contribution in [-0.2, 0) is 16.6 Å². The van der Waals surface area contributed by atoms with Crippen molar-refractivity contribution in [3.8, 4) is 0 Å². The number of hydrogen-bond donors (Lipinski definition) is 0. The Bertz CT molecular complexity index is 885. The van der Waals surface area contributed by atoms with E-state index in [1.165, 1.54) is 0 Å². The summed E-state index contributed by atoms with van der Waals surface area (Å²) in [5.74, 6) is 1.43. The van der Waals surface area contributed by atoms with Crippen LogP contribution < -0.4 is 0 Å². The fourth-order valence-electron chi connectivity index (χ4n) is 3.54. The van der Waals surface area contributed by atoms with Gasteiger partial charge in [0.1, 0.15) is 0 Å². The number of carbonyl (C=O) groups excluding carboxylic acids is 2. The van der Waals surface area contributed by atoms with Gasteiger partial charge in [-0.2, -0.15) is 4.98 Å². The molecular weight excluding hydrogens is 380 g/mol. The van der Waals surface area contributed by atoms with E-state index in [1.54, 1.807) is 0 Å². The first-order valence-electron chi connectivity index (χ1n) is 10.7. The van der Waals surface area contributed by atoms with Gasteiger partial charge >= 0.3 is 0 Å². The van der Waals surface area contributed by atoms with Crippen LogP contribution in [0.5, 0.6) is 0 Å². The van der Waals surface area contributed by atoms with Crippen LogP contribution in [0.15, 0.2) is 28.8 Å². The predicted molar refractivity (Wildman–Crippen MR) is 114 cm³/mol. The Balaban J connectivity index is 1.47. The lowest BCUT2D eigenvalue weighted by Gasteiger charge is -2.22. The van der Waals surface area contributed by atoms with Crippen LogP contribution in [0.25, 0.3) is 0 Å². The number of nitrogens with zero attached hydrogens (tertiary/aromatic N) is 4. The fourth-order valence-corrected chi connectivity index (χ4v) is 3.54. The monoisotopic (exact) mass is 412 g/mol. The van der Waals surface area contributed by atoms with Gasteiger partial charge < -0.3 is 14.3 Å². The average molecular weight is 413 g/mol. The largest absolute Gasteiger partial charge is 0.341 e. The van der Waals surface area contributed by atoms with Crippen molar-refractivity contribution >= 4 is 11.8 Å². The number of aromatic nitrogens is 2. The van der Waals surface area contributed by atoms with Crippen LogP contribution in [0.4, 0.5) is 0 Å². The Morgan fingerprint density at radius 1 is 1.10 bits per heavy atom. The summed E-state index contributed by atoms with van der Waals surface area (Å²) in [5.41, 5.74) is 1.64. The molecule has 0 radical (unpaired) electrons. The van der Waals surface area contributed by atoms with Gasteiger partial charge in [-0.15, -0.1) is 0 Å². The Morgan fingerprint density at radius 3 is 2.53 bits per heavy atom. The molecule has 1 aromatic carbocycles. The van der Waals surface area contributed by atoms with Crippen molar-refractivity contribution < 1.29 is 14.1 Å². The highest BCUT2D eigenvalue weighted by Gasteiger charge is 2.24. The first-order chi connectivity index (χ1) is 14.2. The zero-order valence-corrected chi connectivity index (χ0v) is 18.5. The molecule has 30 heavy (non-hydrogen) atoms. The number of carbonyl (C=O) groups is 2. The van der Waals surface area contributed by atoms with Crippen LogP contribution in [0, 0.1) is 6.92 Å². The molecule has 1 fully saturated rings. The van der Waals surface area contributed by atoms with E-state index in [4.69, 9.17) is 4.52 Å². The average Bonchev–Trinajstić information content (AvgIpc) is 3.04. The fraction of sp³-hybridized carbons (Fsp3) is 0.565. The van der Waals surface area contributed by atoms with Gasteiger partial charge in [0.25, 0.3) is 5.91 Å². The molecule has 0 aliphatic carbocycles. The molecule has 0 saturated carbocycles. The van der Waals surface area contributed by atoms with Gasteiger partial charge in [0, 0.05) is 50.0 Å². The van der Waals surface area contributed by atoms with Crippen LogP contribution >= 0.6 is 0 Å². The summed E-state index contributed by atoms with van der Waals surface area (Å²) < 4.78 is 5.30. The molecular formula is C23H32N4O3. The van der Waals surface area contributed by atoms with Crippen molar-refractivity contribution in [2.75, 3.05) is 26.2 Å². The minimum absolute atomic E-state index is 0.0408. The molecule has 2 amide bonds. The van der Waals surface area contributed by atoms with Gasteiger partial charge in [0.05, 0.1) is 0 Å². The van der Waals surface area contributed by atoms with Crippen molar-refractivity contribution in [1.82, 2.24) is 19.9 Å². The highest BCUT2D eigenvalue weighted by molar-refractivity contribution is 5.94. The maximum absolute atomic E-state index is 12.8. The van der Waals surface area contributed by atoms with E-state index in [0.29, 0.717) is 62.7 Å². The zero-order chi connectivity index (χ0) is 21.7. The third-order valence-corrected chi connectivity index (χ3v) is 5.32. The van der Waals surface area contributed by atoms with Crippen molar-refractivity contribution in [1.29, 1.82) is 0 Å². The summed E-state index contributed by atoms with van der Waals surface area (Å²) in [4.78, 5) is 33.6. The van der Waals surface area contributed by atoms with E-state index in [9.17, 15) is 9.59 Å². The van der Waals surface area contributed by atoms with Crippen LogP contribution in [0.2, 0.25) is 0 Å². The molecule has 1 aromatic heterocycles. The Labute approximate surface area is 178 Å². The predicted octanol–water partition coefficient (Wildman–Crippen LogP) is 3.37. The van der Waals surface area contributed by atoms with Gasteiger partial charge in [-0.25, -0.2) is 0 Å². The molecule has 0 bridgehead atoms. The van der Waals surface area contributed by atoms with Gasteiger partial charge in [0.15, 0.2) is 5.82 Å². The van der Waals surface area contributed by atoms with E-state index in [0.717, 1.165) is 12.0 Å². The van der Waals surface area contributed by atoms with Crippen molar-refractivity contribution in [3.05, 3.63) is 47.1 Å². The summed E-state index contributed by atoms with van der Waals surface area (Å²) in [6.07, 6.45) is 2.51. The van der Waals surface area contributed by atoms with Crippen molar-refractivity contribution in [3.63, 3.8) is 0 Å². The van der Waals surface area contributed by atoms with E-state index in [2.05, 4.69) is 10.1 Å². The Hall–Kier alpha value is -2.70. The maximum Gasteiger partial charge on any atom is 0.253 e. The SMILES string of the molecule is Cc1cccc(C(=O)N2CCCN(C(=O)CCCc3nc(C(C)(C)C)no3)CC2)c1. The molecule has 0 atom stereocenters.